The van der Waals surface area contributed by atoms with Crippen LogP contribution in [0.25, 0.3) is 0 Å². The number of nitrogens with zero attached hydrogens (tertiary/aromatic N) is 1. The zero-order chi connectivity index (χ0) is 13.0. The molecule has 1 aromatic carbocycles. The fraction of sp³-hybridized carbons (Fsp3) is 0.0769. The lowest BCUT2D eigenvalue weighted by molar-refractivity contribution is 0.0689. The summed E-state index contributed by atoms with van der Waals surface area (Å²) in [6, 6.07) is 12.2. The average Bonchev–Trinajstić information content (AvgIpc) is 2.39. The SMILES string of the molecule is CSc1ccccc1Oc1cccc(C(=O)O)n1. The van der Waals surface area contributed by atoms with E-state index in [9.17, 15) is 4.79 Å². The summed E-state index contributed by atoms with van der Waals surface area (Å²) in [5.41, 5.74) is -0.0332. The maximum absolute atomic E-state index is 10.8. The van der Waals surface area contributed by atoms with Gasteiger partial charge in [-0.25, -0.2) is 9.78 Å². The molecule has 92 valence electrons. The highest BCUT2D eigenvalue weighted by Crippen LogP contribution is 2.30. The van der Waals surface area contributed by atoms with Crippen molar-refractivity contribution in [2.75, 3.05) is 6.26 Å². The van der Waals surface area contributed by atoms with Crippen LogP contribution in [0, 0.1) is 0 Å². The molecule has 2 rings (SSSR count). The van der Waals surface area contributed by atoms with Crippen LogP contribution in [-0.2, 0) is 0 Å². The number of hydrogen-bond acceptors (Lipinski definition) is 4. The van der Waals surface area contributed by atoms with Crippen LogP contribution in [0.1, 0.15) is 10.5 Å². The highest BCUT2D eigenvalue weighted by molar-refractivity contribution is 7.98. The summed E-state index contributed by atoms with van der Waals surface area (Å²) in [6.07, 6.45) is 1.95. The molecular weight excluding hydrogens is 250 g/mol. The van der Waals surface area contributed by atoms with Gasteiger partial charge in [-0.3, -0.25) is 0 Å². The predicted octanol–water partition coefficient (Wildman–Crippen LogP) is 3.29. The van der Waals surface area contributed by atoms with E-state index in [1.807, 2.05) is 30.5 Å². The molecule has 0 aliphatic heterocycles. The van der Waals surface area contributed by atoms with Crippen molar-refractivity contribution in [2.45, 2.75) is 4.90 Å². The van der Waals surface area contributed by atoms with Crippen LogP contribution in [0.15, 0.2) is 47.4 Å². The maximum Gasteiger partial charge on any atom is 0.354 e. The molecule has 0 aliphatic rings. The van der Waals surface area contributed by atoms with Crippen molar-refractivity contribution < 1.29 is 14.6 Å². The fourth-order valence-electron chi connectivity index (χ4n) is 1.41. The van der Waals surface area contributed by atoms with Gasteiger partial charge < -0.3 is 9.84 Å². The van der Waals surface area contributed by atoms with Crippen LogP contribution in [-0.4, -0.2) is 22.3 Å². The number of para-hydroxylation sites is 1. The highest BCUT2D eigenvalue weighted by atomic mass is 32.2. The minimum Gasteiger partial charge on any atom is -0.477 e. The van der Waals surface area contributed by atoms with E-state index in [1.165, 1.54) is 6.07 Å². The van der Waals surface area contributed by atoms with Crippen molar-refractivity contribution in [2.24, 2.45) is 0 Å². The van der Waals surface area contributed by atoms with E-state index in [-0.39, 0.29) is 11.6 Å². The van der Waals surface area contributed by atoms with E-state index in [0.29, 0.717) is 5.75 Å². The lowest BCUT2D eigenvalue weighted by atomic mass is 10.3. The summed E-state index contributed by atoms with van der Waals surface area (Å²) in [6.45, 7) is 0. The second kappa shape index (κ2) is 5.55. The summed E-state index contributed by atoms with van der Waals surface area (Å²) in [4.78, 5) is 15.7. The third kappa shape index (κ3) is 2.81. The first-order valence-corrected chi connectivity index (χ1v) is 6.44. The number of carbonyl (C=O) groups is 1. The molecule has 1 aromatic heterocycles. The number of carboxylic acid groups (broad SMARTS) is 1. The number of pyridine rings is 1. The molecule has 0 radical (unpaired) electrons. The first kappa shape index (κ1) is 12.4. The molecule has 1 heterocycles. The Kier molecular flexibility index (Phi) is 3.84. The molecule has 0 saturated carbocycles. The second-order valence-corrected chi connectivity index (χ2v) is 4.27. The first-order valence-electron chi connectivity index (χ1n) is 5.22. The van der Waals surface area contributed by atoms with E-state index in [1.54, 1.807) is 23.9 Å². The molecule has 0 bridgehead atoms. The van der Waals surface area contributed by atoms with Crippen molar-refractivity contribution in [3.63, 3.8) is 0 Å². The van der Waals surface area contributed by atoms with Gasteiger partial charge in [0.15, 0.2) is 5.69 Å². The quantitative estimate of drug-likeness (QED) is 0.856. The molecule has 5 heteroatoms. The minimum atomic E-state index is -1.07. The van der Waals surface area contributed by atoms with E-state index >= 15 is 0 Å². The molecule has 0 atom stereocenters. The normalized spacial score (nSPS) is 10.1. The molecule has 2 aromatic rings. The first-order chi connectivity index (χ1) is 8.70. The van der Waals surface area contributed by atoms with Gasteiger partial charge in [-0.05, 0) is 24.5 Å². The Labute approximate surface area is 109 Å². The van der Waals surface area contributed by atoms with Gasteiger partial charge in [-0.1, -0.05) is 18.2 Å². The molecule has 0 saturated heterocycles. The topological polar surface area (TPSA) is 59.4 Å². The molecule has 0 spiro atoms. The number of benzene rings is 1. The summed E-state index contributed by atoms with van der Waals surface area (Å²) < 4.78 is 5.60. The summed E-state index contributed by atoms with van der Waals surface area (Å²) in [7, 11) is 0. The third-order valence-electron chi connectivity index (χ3n) is 2.23. The lowest BCUT2D eigenvalue weighted by Crippen LogP contribution is -2.00. The highest BCUT2D eigenvalue weighted by Gasteiger charge is 2.08. The summed E-state index contributed by atoms with van der Waals surface area (Å²) >= 11 is 1.56. The number of aromatic carboxylic acids is 1. The number of hydrogen-bond donors (Lipinski definition) is 1. The van der Waals surface area contributed by atoms with Crippen LogP contribution < -0.4 is 4.74 Å². The minimum absolute atomic E-state index is 0.0332. The number of aromatic nitrogens is 1. The van der Waals surface area contributed by atoms with Gasteiger partial charge >= 0.3 is 5.97 Å². The van der Waals surface area contributed by atoms with Gasteiger partial charge in [0, 0.05) is 11.0 Å². The van der Waals surface area contributed by atoms with Crippen molar-refractivity contribution in [3.05, 3.63) is 48.2 Å². The van der Waals surface area contributed by atoms with Crippen LogP contribution >= 0.6 is 11.8 Å². The van der Waals surface area contributed by atoms with Gasteiger partial charge in [0.1, 0.15) is 5.75 Å². The Morgan fingerprint density at radius 2 is 2.00 bits per heavy atom. The lowest BCUT2D eigenvalue weighted by Gasteiger charge is -2.08. The van der Waals surface area contributed by atoms with Crippen LogP contribution in [0.4, 0.5) is 0 Å². The summed E-state index contributed by atoms with van der Waals surface area (Å²) in [5.74, 6) is -0.130. The predicted molar refractivity (Wildman–Crippen MR) is 69.5 cm³/mol. The van der Waals surface area contributed by atoms with E-state index in [2.05, 4.69) is 4.98 Å². The van der Waals surface area contributed by atoms with Crippen molar-refractivity contribution >= 4 is 17.7 Å². The Balaban J connectivity index is 2.28. The Hall–Kier alpha value is -2.01. The van der Waals surface area contributed by atoms with Crippen LogP contribution in [0.3, 0.4) is 0 Å². The van der Waals surface area contributed by atoms with E-state index in [4.69, 9.17) is 9.84 Å². The van der Waals surface area contributed by atoms with Crippen LogP contribution in [0.2, 0.25) is 0 Å². The zero-order valence-electron chi connectivity index (χ0n) is 9.66. The van der Waals surface area contributed by atoms with Crippen molar-refractivity contribution in [1.29, 1.82) is 0 Å². The average molecular weight is 261 g/mol. The van der Waals surface area contributed by atoms with Gasteiger partial charge in [0.25, 0.3) is 0 Å². The number of carboxylic acids is 1. The maximum atomic E-state index is 10.8. The van der Waals surface area contributed by atoms with Gasteiger partial charge in [-0.15, -0.1) is 11.8 Å². The summed E-state index contributed by atoms with van der Waals surface area (Å²) in [5, 5.41) is 8.85. The van der Waals surface area contributed by atoms with Gasteiger partial charge in [-0.2, -0.15) is 0 Å². The number of rotatable bonds is 4. The molecular formula is C13H11NO3S. The van der Waals surface area contributed by atoms with E-state index < -0.39 is 5.97 Å². The van der Waals surface area contributed by atoms with Gasteiger partial charge in [0.05, 0.1) is 0 Å². The van der Waals surface area contributed by atoms with Crippen LogP contribution in [0.5, 0.6) is 11.6 Å². The van der Waals surface area contributed by atoms with Crippen molar-refractivity contribution in [1.82, 2.24) is 4.98 Å². The smallest absolute Gasteiger partial charge is 0.354 e. The molecule has 1 N–H and O–H groups in total. The van der Waals surface area contributed by atoms with Crippen molar-refractivity contribution in [3.8, 4) is 11.6 Å². The third-order valence-corrected chi connectivity index (χ3v) is 3.00. The Morgan fingerprint density at radius 3 is 2.72 bits per heavy atom. The zero-order valence-corrected chi connectivity index (χ0v) is 10.5. The molecule has 18 heavy (non-hydrogen) atoms. The molecule has 0 unspecified atom stereocenters. The van der Waals surface area contributed by atoms with Gasteiger partial charge in [0.2, 0.25) is 5.88 Å². The van der Waals surface area contributed by atoms with E-state index in [0.717, 1.165) is 4.90 Å². The monoisotopic (exact) mass is 261 g/mol. The Bertz CT molecular complexity index is 572. The number of ether oxygens (including phenoxy) is 1. The largest absolute Gasteiger partial charge is 0.477 e. The standard InChI is InChI=1S/C13H11NO3S/c1-18-11-7-3-2-6-10(11)17-12-8-4-5-9(14-12)13(15)16/h2-8H,1H3,(H,15,16). The second-order valence-electron chi connectivity index (χ2n) is 3.42. The Morgan fingerprint density at radius 1 is 1.22 bits per heavy atom. The number of thioether (sulfide) groups is 1. The molecule has 0 fully saturated rings. The molecule has 4 nitrogen and oxygen atoms in total. The molecule has 0 amide bonds. The fourth-order valence-corrected chi connectivity index (χ4v) is 1.93. The molecule has 0 aliphatic carbocycles.